The second kappa shape index (κ2) is 8.48. The van der Waals surface area contributed by atoms with Crippen molar-refractivity contribution in [3.8, 4) is 0 Å². The Morgan fingerprint density at radius 2 is 0.900 bits per heavy atom. The van der Waals surface area contributed by atoms with Gasteiger partial charge in [0, 0.05) is 23.7 Å². The first-order chi connectivity index (χ1) is 14.2. The number of allylic oxidation sites excluding steroid dienone is 8. The second-order valence-electron chi connectivity index (χ2n) is 9.98. The molecule has 30 heavy (non-hydrogen) atoms. The predicted octanol–water partition coefficient (Wildman–Crippen LogP) is 7.63. The Balaban J connectivity index is 1.90. The molecule has 0 aliphatic heterocycles. The molecular formula is C30H36. The minimum absolute atomic E-state index is 0.372. The van der Waals surface area contributed by atoms with E-state index in [2.05, 4.69) is 105 Å². The molecule has 2 atom stereocenters. The van der Waals surface area contributed by atoms with Gasteiger partial charge in [-0.2, -0.15) is 0 Å². The Kier molecular flexibility index (Phi) is 6.26. The number of hydrogen-bond donors (Lipinski definition) is 0. The fourth-order valence-corrected chi connectivity index (χ4v) is 5.70. The van der Waals surface area contributed by atoms with E-state index in [9.17, 15) is 0 Å². The minimum Gasteiger partial charge on any atom is -0.0653 e. The second-order valence-corrected chi connectivity index (χ2v) is 9.98. The largest absolute Gasteiger partial charge is 0.0653 e. The van der Waals surface area contributed by atoms with Gasteiger partial charge < -0.3 is 0 Å². The Labute approximate surface area is 187 Å². The third-order valence-electron chi connectivity index (χ3n) is 7.34. The predicted molar refractivity (Wildman–Crippen MR) is 128 cm³/mol. The first-order valence-electron chi connectivity index (χ1n) is 11.5. The SMILES string of the molecule is C[C]1[CH][CH][C]2[C]1C(C1[C]3[C](C)[CH][CH][C]3C(C)=CC=C1C(C)C)C(C(C)C)=CC=C2C. The summed E-state index contributed by atoms with van der Waals surface area (Å²) >= 11 is 0. The van der Waals surface area contributed by atoms with Gasteiger partial charge in [0.05, 0.1) is 0 Å². The van der Waals surface area contributed by atoms with Crippen molar-refractivity contribution in [2.75, 3.05) is 0 Å². The van der Waals surface area contributed by atoms with Gasteiger partial charge in [-0.1, -0.05) is 88.1 Å². The van der Waals surface area contributed by atoms with Crippen molar-refractivity contribution >= 4 is 0 Å². The summed E-state index contributed by atoms with van der Waals surface area (Å²) in [5.74, 6) is 10.6. The lowest BCUT2D eigenvalue weighted by atomic mass is 9.58. The molecule has 4 rings (SSSR count). The Morgan fingerprint density at radius 1 is 0.533 bits per heavy atom. The van der Waals surface area contributed by atoms with Crippen LogP contribution in [0.4, 0.5) is 0 Å². The van der Waals surface area contributed by atoms with Crippen LogP contribution in [0.3, 0.4) is 0 Å². The van der Waals surface area contributed by atoms with Gasteiger partial charge in [-0.25, -0.2) is 0 Å². The third-order valence-corrected chi connectivity index (χ3v) is 7.34. The highest BCUT2D eigenvalue weighted by atomic mass is 14.6. The zero-order valence-corrected chi connectivity index (χ0v) is 19.9. The van der Waals surface area contributed by atoms with Crippen LogP contribution in [-0.2, 0) is 0 Å². The highest BCUT2D eigenvalue weighted by molar-refractivity contribution is 5.67. The molecule has 156 valence electrons. The van der Waals surface area contributed by atoms with Gasteiger partial charge in [0.1, 0.15) is 0 Å². The molecule has 2 saturated carbocycles. The quantitative estimate of drug-likeness (QED) is 0.460. The topological polar surface area (TPSA) is 0 Å². The molecule has 0 heterocycles. The fraction of sp³-hybridized carbons (Fsp3) is 0.400. The van der Waals surface area contributed by atoms with E-state index in [1.54, 1.807) is 23.0 Å². The van der Waals surface area contributed by atoms with E-state index < -0.39 is 0 Å². The van der Waals surface area contributed by atoms with Crippen molar-refractivity contribution in [3.05, 3.63) is 108 Å². The first-order valence-corrected chi connectivity index (χ1v) is 11.5. The molecule has 0 amide bonds. The third kappa shape index (κ3) is 3.61. The van der Waals surface area contributed by atoms with Crippen LogP contribution in [0.5, 0.6) is 0 Å². The summed E-state index contributed by atoms with van der Waals surface area (Å²) in [6.07, 6.45) is 18.9. The monoisotopic (exact) mass is 396 g/mol. The van der Waals surface area contributed by atoms with Crippen molar-refractivity contribution < 1.29 is 0 Å². The van der Waals surface area contributed by atoms with Gasteiger partial charge >= 0.3 is 0 Å². The van der Waals surface area contributed by atoms with Crippen molar-refractivity contribution in [1.82, 2.24) is 0 Å². The summed E-state index contributed by atoms with van der Waals surface area (Å²) in [5.41, 5.74) is 5.89. The van der Waals surface area contributed by atoms with Crippen LogP contribution in [-0.4, -0.2) is 0 Å². The Bertz CT molecular complexity index is 704. The van der Waals surface area contributed by atoms with Crippen molar-refractivity contribution in [2.24, 2.45) is 23.7 Å². The molecule has 0 heteroatoms. The van der Waals surface area contributed by atoms with E-state index >= 15 is 0 Å². The minimum atomic E-state index is 0.372. The van der Waals surface area contributed by atoms with Crippen LogP contribution in [0.2, 0.25) is 0 Å². The van der Waals surface area contributed by atoms with Gasteiger partial charge in [0.15, 0.2) is 0 Å². The normalized spacial score (nSPS) is 30.7. The first kappa shape index (κ1) is 22.2. The van der Waals surface area contributed by atoms with Gasteiger partial charge in [0.25, 0.3) is 0 Å². The maximum Gasteiger partial charge on any atom is 0.0123 e. The maximum atomic E-state index is 2.44. The zero-order valence-electron chi connectivity index (χ0n) is 19.9. The lowest BCUT2D eigenvalue weighted by Crippen LogP contribution is -2.37. The molecule has 0 N–H and O–H groups in total. The molecule has 2 fully saturated rings. The molecule has 0 aromatic heterocycles. The molecule has 0 nitrogen and oxygen atoms in total. The number of rotatable bonds is 3. The molecule has 2 unspecified atom stereocenters. The lowest BCUT2D eigenvalue weighted by molar-refractivity contribution is 0.410. The molecule has 0 saturated heterocycles. The number of fused-ring (bicyclic) bond motifs is 2. The smallest absolute Gasteiger partial charge is 0.0123 e. The molecule has 10 radical (unpaired) electrons. The molecule has 0 bridgehead atoms. The summed E-state index contributed by atoms with van der Waals surface area (Å²) in [5, 5.41) is 0. The van der Waals surface area contributed by atoms with E-state index in [1.807, 2.05) is 0 Å². The van der Waals surface area contributed by atoms with Gasteiger partial charge in [0.2, 0.25) is 0 Å². The van der Waals surface area contributed by atoms with Crippen LogP contribution < -0.4 is 0 Å². The zero-order chi connectivity index (χ0) is 21.7. The summed E-state index contributed by atoms with van der Waals surface area (Å²) in [6, 6.07) is 0. The maximum absolute atomic E-state index is 2.44. The molecule has 0 aromatic carbocycles. The van der Waals surface area contributed by atoms with Gasteiger partial charge in [-0.05, 0) is 75.0 Å². The van der Waals surface area contributed by atoms with Crippen molar-refractivity contribution in [2.45, 2.75) is 55.4 Å². The van der Waals surface area contributed by atoms with Gasteiger partial charge in [-0.15, -0.1) is 0 Å². The summed E-state index contributed by atoms with van der Waals surface area (Å²) < 4.78 is 0. The van der Waals surface area contributed by atoms with E-state index in [0.29, 0.717) is 23.7 Å². The highest BCUT2D eigenvalue weighted by Crippen LogP contribution is 2.62. The summed E-state index contributed by atoms with van der Waals surface area (Å²) in [4.78, 5) is 0. The van der Waals surface area contributed by atoms with Crippen LogP contribution in [0.25, 0.3) is 0 Å². The highest BCUT2D eigenvalue weighted by Gasteiger charge is 2.53. The van der Waals surface area contributed by atoms with Crippen LogP contribution in [0.15, 0.2) is 46.6 Å². The molecule has 0 spiro atoms. The van der Waals surface area contributed by atoms with E-state index in [4.69, 9.17) is 0 Å². The number of hydrogen-bond acceptors (Lipinski definition) is 0. The van der Waals surface area contributed by atoms with Crippen LogP contribution in [0.1, 0.15) is 55.4 Å². The van der Waals surface area contributed by atoms with E-state index in [1.165, 1.54) is 34.8 Å². The van der Waals surface area contributed by atoms with Crippen molar-refractivity contribution in [3.63, 3.8) is 0 Å². The Hall–Kier alpha value is -1.04. The average molecular weight is 397 g/mol. The lowest BCUT2D eigenvalue weighted by Gasteiger charge is -2.44. The average Bonchev–Trinajstić information content (AvgIpc) is 3.15. The summed E-state index contributed by atoms with van der Waals surface area (Å²) in [6.45, 7) is 18.6. The van der Waals surface area contributed by atoms with E-state index in [0.717, 1.165) is 0 Å². The summed E-state index contributed by atoms with van der Waals surface area (Å²) in [7, 11) is 0. The standard InChI is InChI=1S/C30H36/c1-17(2)23-13-9-19(5)25-15-11-21(7)27(25)29(23)30-24(18(3)4)14-10-20(6)26-16-12-22(8)28(26)30/h9-18,29-30H,1-8H3. The molecule has 4 aliphatic carbocycles. The molecule has 0 aromatic rings. The van der Waals surface area contributed by atoms with E-state index in [-0.39, 0.29) is 0 Å². The van der Waals surface area contributed by atoms with Crippen LogP contribution in [0, 0.1) is 84.9 Å². The fourth-order valence-electron chi connectivity index (χ4n) is 5.70. The molecular weight excluding hydrogens is 360 g/mol. The van der Waals surface area contributed by atoms with Crippen molar-refractivity contribution in [1.29, 1.82) is 0 Å². The Morgan fingerprint density at radius 3 is 1.23 bits per heavy atom. The van der Waals surface area contributed by atoms with Crippen LogP contribution >= 0.6 is 0 Å². The van der Waals surface area contributed by atoms with Gasteiger partial charge in [-0.3, -0.25) is 0 Å². The molecule has 4 aliphatic rings.